The van der Waals surface area contributed by atoms with Crippen LogP contribution < -0.4 is 10.9 Å². The summed E-state index contributed by atoms with van der Waals surface area (Å²) in [4.78, 5) is 23.9. The van der Waals surface area contributed by atoms with Crippen molar-refractivity contribution in [3.05, 3.63) is 45.6 Å². The third-order valence-corrected chi connectivity index (χ3v) is 6.22. The highest BCUT2D eigenvalue weighted by Gasteiger charge is 2.31. The molecular formula is C16H20N4O4S. The molecule has 134 valence electrons. The molecule has 1 amide bonds. The molecule has 0 bridgehead atoms. The molecule has 2 aromatic rings. The highest BCUT2D eigenvalue weighted by Crippen LogP contribution is 2.29. The van der Waals surface area contributed by atoms with Crippen LogP contribution in [0.2, 0.25) is 0 Å². The van der Waals surface area contributed by atoms with Gasteiger partial charge in [0.2, 0.25) is 5.56 Å². The molecule has 1 fully saturated rings. The fourth-order valence-corrected chi connectivity index (χ4v) is 4.77. The number of carbonyl (C=O) groups excluding carboxylic acids is 1. The van der Waals surface area contributed by atoms with Gasteiger partial charge in [0.1, 0.15) is 0 Å². The first-order chi connectivity index (χ1) is 11.7. The Morgan fingerprint density at radius 2 is 2.04 bits per heavy atom. The minimum absolute atomic E-state index is 0.0726. The maximum atomic E-state index is 12.5. The lowest BCUT2D eigenvalue weighted by atomic mass is 10.2. The number of carbonyl (C=O) groups is 1. The van der Waals surface area contributed by atoms with Gasteiger partial charge in [0.15, 0.2) is 9.84 Å². The normalized spacial score (nSPS) is 19.1. The van der Waals surface area contributed by atoms with Crippen LogP contribution in [-0.2, 0) is 16.9 Å². The quantitative estimate of drug-likeness (QED) is 0.868. The summed E-state index contributed by atoms with van der Waals surface area (Å²) in [7, 11) is -1.44. The lowest BCUT2D eigenvalue weighted by Gasteiger charge is -2.12. The van der Waals surface area contributed by atoms with E-state index in [-0.39, 0.29) is 29.0 Å². The van der Waals surface area contributed by atoms with Crippen LogP contribution in [0.1, 0.15) is 34.2 Å². The maximum Gasteiger partial charge on any atom is 0.257 e. The molecule has 1 aliphatic heterocycles. The smallest absolute Gasteiger partial charge is 0.257 e. The standard InChI is InChI=1S/C16H20N4O4S/c1-10-15(17-16(22)12-4-5-14(21)19(3)8-12)11(2)20(18-10)13-6-7-25(23,24)9-13/h4-5,8,13H,6-7,9H2,1-3H3,(H,17,22). The van der Waals surface area contributed by atoms with E-state index in [9.17, 15) is 18.0 Å². The van der Waals surface area contributed by atoms with E-state index in [1.165, 1.54) is 22.9 Å². The van der Waals surface area contributed by atoms with E-state index in [4.69, 9.17) is 0 Å². The fourth-order valence-electron chi connectivity index (χ4n) is 3.08. The van der Waals surface area contributed by atoms with E-state index < -0.39 is 9.84 Å². The molecule has 25 heavy (non-hydrogen) atoms. The minimum Gasteiger partial charge on any atom is -0.319 e. The monoisotopic (exact) mass is 364 g/mol. The van der Waals surface area contributed by atoms with Gasteiger partial charge in [0, 0.05) is 19.3 Å². The number of aryl methyl sites for hydroxylation is 2. The van der Waals surface area contributed by atoms with Crippen molar-refractivity contribution in [3.63, 3.8) is 0 Å². The van der Waals surface area contributed by atoms with E-state index in [1.54, 1.807) is 25.6 Å². The zero-order chi connectivity index (χ0) is 18.4. The van der Waals surface area contributed by atoms with Crippen molar-refractivity contribution < 1.29 is 13.2 Å². The number of amides is 1. The highest BCUT2D eigenvalue weighted by atomic mass is 32.2. The van der Waals surface area contributed by atoms with Gasteiger partial charge in [-0.25, -0.2) is 8.42 Å². The molecule has 2 aromatic heterocycles. The Labute approximate surface area is 145 Å². The molecule has 0 saturated carbocycles. The van der Waals surface area contributed by atoms with Gasteiger partial charge < -0.3 is 9.88 Å². The molecule has 3 heterocycles. The zero-order valence-corrected chi connectivity index (χ0v) is 15.1. The molecule has 1 unspecified atom stereocenters. The lowest BCUT2D eigenvalue weighted by Crippen LogP contribution is -2.20. The second kappa shape index (κ2) is 6.14. The van der Waals surface area contributed by atoms with E-state index in [0.29, 0.717) is 23.4 Å². The van der Waals surface area contributed by atoms with Crippen molar-refractivity contribution >= 4 is 21.4 Å². The van der Waals surface area contributed by atoms with Crippen LogP contribution in [0.5, 0.6) is 0 Å². The van der Waals surface area contributed by atoms with Gasteiger partial charge in [0.05, 0.1) is 40.2 Å². The minimum atomic E-state index is -3.02. The second-order valence-electron chi connectivity index (χ2n) is 6.37. The first-order valence-electron chi connectivity index (χ1n) is 7.92. The summed E-state index contributed by atoms with van der Waals surface area (Å²) in [6.45, 7) is 3.57. The summed E-state index contributed by atoms with van der Waals surface area (Å²) in [5.41, 5.74) is 2.08. The number of sulfone groups is 1. The predicted molar refractivity (Wildman–Crippen MR) is 93.6 cm³/mol. The van der Waals surface area contributed by atoms with Crippen LogP contribution >= 0.6 is 0 Å². The molecule has 1 atom stereocenters. The molecule has 1 aliphatic rings. The maximum absolute atomic E-state index is 12.5. The number of hydrogen-bond donors (Lipinski definition) is 1. The van der Waals surface area contributed by atoms with Gasteiger partial charge >= 0.3 is 0 Å². The SMILES string of the molecule is Cc1nn(C2CCS(=O)(=O)C2)c(C)c1NC(=O)c1ccc(=O)n(C)c1. The summed E-state index contributed by atoms with van der Waals surface area (Å²) in [5, 5.41) is 7.24. The molecule has 1 N–H and O–H groups in total. The number of nitrogens with zero attached hydrogens (tertiary/aromatic N) is 3. The van der Waals surface area contributed by atoms with Crippen LogP contribution in [-0.4, -0.2) is 40.2 Å². The molecular weight excluding hydrogens is 344 g/mol. The zero-order valence-electron chi connectivity index (χ0n) is 14.3. The average Bonchev–Trinajstić information content (AvgIpc) is 3.03. The summed E-state index contributed by atoms with van der Waals surface area (Å²) in [5.74, 6) is -0.112. The Morgan fingerprint density at radius 1 is 1.32 bits per heavy atom. The molecule has 8 nitrogen and oxygen atoms in total. The van der Waals surface area contributed by atoms with E-state index in [0.717, 1.165) is 5.69 Å². The summed E-state index contributed by atoms with van der Waals surface area (Å²) < 4.78 is 26.4. The van der Waals surface area contributed by atoms with Gasteiger partial charge in [-0.15, -0.1) is 0 Å². The Bertz CT molecular complexity index is 1000. The topological polar surface area (TPSA) is 103 Å². The van der Waals surface area contributed by atoms with Gasteiger partial charge in [-0.1, -0.05) is 0 Å². The number of nitrogens with one attached hydrogen (secondary N) is 1. The average molecular weight is 364 g/mol. The van der Waals surface area contributed by atoms with Crippen molar-refractivity contribution in [1.82, 2.24) is 14.3 Å². The summed E-state index contributed by atoms with van der Waals surface area (Å²) in [6.07, 6.45) is 1.99. The first kappa shape index (κ1) is 17.4. The Kier molecular flexibility index (Phi) is 4.28. The van der Waals surface area contributed by atoms with Crippen LogP contribution in [0.25, 0.3) is 0 Å². The highest BCUT2D eigenvalue weighted by molar-refractivity contribution is 7.91. The van der Waals surface area contributed by atoms with Crippen LogP contribution in [0.3, 0.4) is 0 Å². The molecule has 0 aromatic carbocycles. The largest absolute Gasteiger partial charge is 0.319 e. The number of hydrogen-bond acceptors (Lipinski definition) is 5. The van der Waals surface area contributed by atoms with Crippen molar-refractivity contribution in [1.29, 1.82) is 0 Å². The van der Waals surface area contributed by atoms with Gasteiger partial charge in [-0.2, -0.15) is 5.10 Å². The lowest BCUT2D eigenvalue weighted by molar-refractivity contribution is 0.102. The van der Waals surface area contributed by atoms with E-state index in [1.807, 2.05) is 0 Å². The predicted octanol–water partition coefficient (Wildman–Crippen LogP) is 0.811. The van der Waals surface area contributed by atoms with Crippen molar-refractivity contribution in [2.24, 2.45) is 7.05 Å². The Balaban J connectivity index is 1.87. The fraction of sp³-hybridized carbons (Fsp3) is 0.438. The molecule has 0 radical (unpaired) electrons. The second-order valence-corrected chi connectivity index (χ2v) is 8.60. The molecule has 3 rings (SSSR count). The Morgan fingerprint density at radius 3 is 2.64 bits per heavy atom. The van der Waals surface area contributed by atoms with Crippen molar-refractivity contribution in [2.75, 3.05) is 16.8 Å². The molecule has 9 heteroatoms. The van der Waals surface area contributed by atoms with Crippen LogP contribution in [0.4, 0.5) is 5.69 Å². The van der Waals surface area contributed by atoms with Gasteiger partial charge in [-0.05, 0) is 26.3 Å². The number of aromatic nitrogens is 3. The van der Waals surface area contributed by atoms with Gasteiger partial charge in [0.25, 0.3) is 5.91 Å². The first-order valence-corrected chi connectivity index (χ1v) is 9.74. The number of pyridine rings is 1. The van der Waals surface area contributed by atoms with Crippen molar-refractivity contribution in [2.45, 2.75) is 26.3 Å². The summed E-state index contributed by atoms with van der Waals surface area (Å²) in [6, 6.07) is 2.60. The van der Waals surface area contributed by atoms with Crippen molar-refractivity contribution in [3.8, 4) is 0 Å². The van der Waals surface area contributed by atoms with Crippen LogP contribution in [0, 0.1) is 13.8 Å². The third-order valence-electron chi connectivity index (χ3n) is 4.47. The molecule has 1 saturated heterocycles. The number of rotatable bonds is 3. The van der Waals surface area contributed by atoms with Gasteiger partial charge in [-0.3, -0.25) is 14.3 Å². The number of anilines is 1. The summed E-state index contributed by atoms with van der Waals surface area (Å²) >= 11 is 0. The van der Waals surface area contributed by atoms with E-state index >= 15 is 0 Å². The molecule has 0 aliphatic carbocycles. The molecule has 0 spiro atoms. The third kappa shape index (κ3) is 3.37. The Hall–Kier alpha value is -2.42. The van der Waals surface area contributed by atoms with E-state index in [2.05, 4.69) is 10.4 Å². The van der Waals surface area contributed by atoms with Crippen LogP contribution in [0.15, 0.2) is 23.1 Å².